The minimum atomic E-state index is -0.530. The second-order valence-corrected chi connectivity index (χ2v) is 7.30. The fourth-order valence-corrected chi connectivity index (χ4v) is 3.81. The number of pyridine rings is 2. The molecule has 0 aromatic carbocycles. The van der Waals surface area contributed by atoms with Crippen molar-refractivity contribution in [3.8, 4) is 11.8 Å². The molecule has 0 bridgehead atoms. The van der Waals surface area contributed by atoms with Crippen molar-refractivity contribution in [3.63, 3.8) is 0 Å². The Morgan fingerprint density at radius 1 is 1.42 bits per heavy atom. The molecule has 3 N–H and O–H groups in total. The second-order valence-electron chi connectivity index (χ2n) is 7.30. The zero-order valence-corrected chi connectivity index (χ0v) is 17.3. The van der Waals surface area contributed by atoms with Crippen LogP contribution < -0.4 is 11.1 Å². The maximum Gasteiger partial charge on any atom is 0.246 e. The summed E-state index contributed by atoms with van der Waals surface area (Å²) < 4.78 is 16.4. The van der Waals surface area contributed by atoms with Gasteiger partial charge in [0.15, 0.2) is 11.6 Å². The fourth-order valence-electron chi connectivity index (χ4n) is 3.81. The van der Waals surface area contributed by atoms with Crippen molar-refractivity contribution in [2.75, 3.05) is 31.2 Å². The summed E-state index contributed by atoms with van der Waals surface area (Å²) in [4.78, 5) is 21.9. The van der Waals surface area contributed by atoms with E-state index in [0.29, 0.717) is 30.0 Å². The SMILES string of the molecule is C=CC(=O)N1CCC(n2nc(C#Cc3ccnc(NC)c3F)c3c(N)ncc(C)c32)C1. The van der Waals surface area contributed by atoms with E-state index in [-0.39, 0.29) is 23.3 Å². The monoisotopic (exact) mass is 419 g/mol. The lowest BCUT2D eigenvalue weighted by atomic mass is 10.1. The molecule has 1 atom stereocenters. The number of nitrogens with zero attached hydrogens (tertiary/aromatic N) is 5. The van der Waals surface area contributed by atoms with Gasteiger partial charge in [-0.05, 0) is 37.0 Å². The first kappa shape index (κ1) is 20.3. The molecule has 3 aromatic heterocycles. The number of anilines is 2. The van der Waals surface area contributed by atoms with Gasteiger partial charge in [0.05, 0.1) is 22.5 Å². The molecule has 158 valence electrons. The van der Waals surface area contributed by atoms with Crippen molar-refractivity contribution in [2.45, 2.75) is 19.4 Å². The van der Waals surface area contributed by atoms with Crippen molar-refractivity contribution in [3.05, 3.63) is 53.8 Å². The highest BCUT2D eigenvalue weighted by Crippen LogP contribution is 2.31. The smallest absolute Gasteiger partial charge is 0.246 e. The van der Waals surface area contributed by atoms with E-state index in [4.69, 9.17) is 10.8 Å². The van der Waals surface area contributed by atoms with Gasteiger partial charge in [-0.25, -0.2) is 14.4 Å². The van der Waals surface area contributed by atoms with Gasteiger partial charge in [0.25, 0.3) is 0 Å². The van der Waals surface area contributed by atoms with Gasteiger partial charge in [-0.15, -0.1) is 0 Å². The first-order chi connectivity index (χ1) is 14.9. The minimum absolute atomic E-state index is 0.0315. The molecule has 1 aliphatic heterocycles. The number of amides is 1. The summed E-state index contributed by atoms with van der Waals surface area (Å²) in [6, 6.07) is 1.47. The standard InChI is InChI=1S/C22H22FN7O/c1-4-17(31)29-10-8-15(12-29)30-20-13(2)11-27-21(24)18(20)16(28-30)6-5-14-7-9-26-22(25-3)19(14)23/h4,7,9,11,15H,1,8,10,12H2,2-3H3,(H2,24,27)(H,25,26). The molecule has 0 saturated carbocycles. The van der Waals surface area contributed by atoms with Crippen LogP contribution in [0.4, 0.5) is 16.0 Å². The summed E-state index contributed by atoms with van der Waals surface area (Å²) in [6.45, 7) is 6.62. The number of hydrogen-bond donors (Lipinski definition) is 2. The van der Waals surface area contributed by atoms with Gasteiger partial charge in [-0.3, -0.25) is 9.48 Å². The van der Waals surface area contributed by atoms with Crippen LogP contribution in [0.15, 0.2) is 31.1 Å². The van der Waals surface area contributed by atoms with Crippen LogP contribution in [0.2, 0.25) is 0 Å². The number of rotatable bonds is 3. The molecule has 31 heavy (non-hydrogen) atoms. The van der Waals surface area contributed by atoms with Gasteiger partial charge in [-0.1, -0.05) is 12.5 Å². The predicted molar refractivity (Wildman–Crippen MR) is 117 cm³/mol. The van der Waals surface area contributed by atoms with Crippen molar-refractivity contribution in [2.24, 2.45) is 0 Å². The van der Waals surface area contributed by atoms with Crippen LogP contribution in [0.1, 0.15) is 29.3 Å². The number of aromatic nitrogens is 4. The highest BCUT2D eigenvalue weighted by Gasteiger charge is 2.29. The van der Waals surface area contributed by atoms with Crippen LogP contribution >= 0.6 is 0 Å². The predicted octanol–water partition coefficient (Wildman–Crippen LogP) is 2.26. The normalized spacial score (nSPS) is 15.6. The van der Waals surface area contributed by atoms with Crippen LogP contribution in [0, 0.1) is 24.6 Å². The number of carbonyl (C=O) groups is 1. The van der Waals surface area contributed by atoms with Crippen LogP contribution in [0.3, 0.4) is 0 Å². The Bertz CT molecular complexity index is 1250. The van der Waals surface area contributed by atoms with E-state index < -0.39 is 5.82 Å². The summed E-state index contributed by atoms with van der Waals surface area (Å²) in [5, 5.41) is 8.03. The highest BCUT2D eigenvalue weighted by molar-refractivity contribution is 5.95. The maximum absolute atomic E-state index is 14.5. The number of aryl methyl sites for hydroxylation is 1. The number of carbonyl (C=O) groups excluding carboxylic acids is 1. The Kier molecular flexibility index (Phi) is 5.29. The summed E-state index contributed by atoms with van der Waals surface area (Å²) in [6.07, 6.45) is 5.24. The second kappa shape index (κ2) is 8.07. The molecule has 1 aliphatic rings. The van der Waals surface area contributed by atoms with Crippen LogP contribution in [0.5, 0.6) is 0 Å². The summed E-state index contributed by atoms with van der Waals surface area (Å²) in [7, 11) is 1.59. The number of hydrogen-bond acceptors (Lipinski definition) is 6. The summed E-state index contributed by atoms with van der Waals surface area (Å²) >= 11 is 0. The molecule has 1 unspecified atom stereocenters. The van der Waals surface area contributed by atoms with E-state index in [1.807, 2.05) is 11.6 Å². The third-order valence-corrected chi connectivity index (χ3v) is 5.37. The third kappa shape index (κ3) is 3.57. The molecule has 4 rings (SSSR count). The molecule has 0 spiro atoms. The van der Waals surface area contributed by atoms with Gasteiger partial charge in [-0.2, -0.15) is 5.10 Å². The van der Waals surface area contributed by atoms with E-state index in [1.54, 1.807) is 18.1 Å². The lowest BCUT2D eigenvalue weighted by Gasteiger charge is -2.15. The van der Waals surface area contributed by atoms with Crippen LogP contribution in [0.25, 0.3) is 10.9 Å². The number of fused-ring (bicyclic) bond motifs is 1. The lowest BCUT2D eigenvalue weighted by molar-refractivity contribution is -0.125. The van der Waals surface area contributed by atoms with E-state index >= 15 is 0 Å². The lowest BCUT2D eigenvalue weighted by Crippen LogP contribution is -2.27. The first-order valence-electron chi connectivity index (χ1n) is 9.83. The first-order valence-corrected chi connectivity index (χ1v) is 9.83. The number of nitrogens with two attached hydrogens (primary N) is 1. The zero-order chi connectivity index (χ0) is 22.1. The highest BCUT2D eigenvalue weighted by atomic mass is 19.1. The quantitative estimate of drug-likeness (QED) is 0.499. The van der Waals surface area contributed by atoms with Crippen molar-refractivity contribution < 1.29 is 9.18 Å². The molecule has 0 radical (unpaired) electrons. The Morgan fingerprint density at radius 3 is 2.97 bits per heavy atom. The minimum Gasteiger partial charge on any atom is -0.383 e. The molecule has 9 heteroatoms. The third-order valence-electron chi connectivity index (χ3n) is 5.37. The van der Waals surface area contributed by atoms with Crippen LogP contribution in [-0.4, -0.2) is 50.7 Å². The van der Waals surface area contributed by atoms with Gasteiger partial charge in [0, 0.05) is 32.5 Å². The number of halogens is 1. The molecular formula is C22H22FN7O. The molecule has 1 amide bonds. The van der Waals surface area contributed by atoms with E-state index in [0.717, 1.165) is 17.5 Å². The van der Waals surface area contributed by atoms with E-state index in [9.17, 15) is 9.18 Å². The van der Waals surface area contributed by atoms with E-state index in [1.165, 1.54) is 18.3 Å². The number of nitrogen functional groups attached to an aromatic ring is 1. The Balaban J connectivity index is 1.81. The molecule has 0 aliphatic carbocycles. The van der Waals surface area contributed by atoms with Crippen LogP contribution in [-0.2, 0) is 4.79 Å². The molecule has 3 aromatic rings. The average molecular weight is 419 g/mol. The summed E-state index contributed by atoms with van der Waals surface area (Å²) in [5.74, 6) is 5.59. The molecule has 1 saturated heterocycles. The topological polar surface area (TPSA) is 102 Å². The largest absolute Gasteiger partial charge is 0.383 e. The van der Waals surface area contributed by atoms with Crippen molar-refractivity contribution in [1.29, 1.82) is 0 Å². The zero-order valence-electron chi connectivity index (χ0n) is 17.3. The number of nitrogens with one attached hydrogen (secondary N) is 1. The van der Waals surface area contributed by atoms with Gasteiger partial charge in [0.2, 0.25) is 5.91 Å². The average Bonchev–Trinajstić information content (AvgIpc) is 3.41. The Labute approximate surface area is 179 Å². The van der Waals surface area contributed by atoms with Gasteiger partial charge in [0.1, 0.15) is 11.5 Å². The molecular weight excluding hydrogens is 397 g/mol. The Hall–Kier alpha value is -3.93. The van der Waals surface area contributed by atoms with E-state index in [2.05, 4.69) is 33.7 Å². The van der Waals surface area contributed by atoms with Gasteiger partial charge >= 0.3 is 0 Å². The molecule has 1 fully saturated rings. The molecule has 4 heterocycles. The molecule has 8 nitrogen and oxygen atoms in total. The summed E-state index contributed by atoms with van der Waals surface area (Å²) in [5.41, 5.74) is 8.50. The van der Waals surface area contributed by atoms with Crippen molar-refractivity contribution >= 4 is 28.4 Å². The van der Waals surface area contributed by atoms with Crippen molar-refractivity contribution in [1.82, 2.24) is 24.6 Å². The number of likely N-dealkylation sites (tertiary alicyclic amines) is 1. The Morgan fingerprint density at radius 2 is 2.23 bits per heavy atom. The van der Waals surface area contributed by atoms with Gasteiger partial charge < -0.3 is 16.0 Å². The maximum atomic E-state index is 14.5. The fraction of sp³-hybridized carbons (Fsp3) is 0.273.